The predicted molar refractivity (Wildman–Crippen MR) is 179 cm³/mol. The number of rotatable bonds is 10. The van der Waals surface area contributed by atoms with E-state index in [2.05, 4.69) is 104 Å². The maximum atomic E-state index is 11.9. The Labute approximate surface area is 289 Å². The van der Waals surface area contributed by atoms with E-state index in [1.807, 2.05) is 27.7 Å². The first-order valence-corrected chi connectivity index (χ1v) is 16.3. The lowest BCUT2D eigenvalue weighted by Gasteiger charge is -2.03. The summed E-state index contributed by atoms with van der Waals surface area (Å²) in [6.07, 6.45) is 7.71. The molecule has 0 saturated heterocycles. The summed E-state index contributed by atoms with van der Waals surface area (Å²) in [6.45, 7) is 8.68. The van der Waals surface area contributed by atoms with Gasteiger partial charge in [0, 0.05) is 32.1 Å². The minimum Gasteiger partial charge on any atom is -0.337 e. The van der Waals surface area contributed by atoms with Crippen molar-refractivity contribution in [1.29, 1.82) is 0 Å². The monoisotopic (exact) mass is 786 g/mol. The molecule has 4 N–H and O–H groups in total. The molecule has 0 bridgehead atoms. The number of halogens is 2. The minimum absolute atomic E-state index is 0.159. The van der Waals surface area contributed by atoms with Gasteiger partial charge in [0.2, 0.25) is 0 Å². The molecule has 22 heteroatoms. The Hall–Kier alpha value is -5.12. The van der Waals surface area contributed by atoms with Gasteiger partial charge in [0.15, 0.2) is 34.6 Å². The van der Waals surface area contributed by atoms with E-state index in [9.17, 15) is 9.59 Å². The van der Waals surface area contributed by atoms with E-state index in [0.717, 1.165) is 0 Å². The number of hydrogen-bond acceptors (Lipinski definition) is 12. The third-order valence-corrected chi connectivity index (χ3v) is 7.04. The number of hydrogen-bond donors (Lipinski definition) is 4. The molecular formula is C26H32Br2N18O2. The Morgan fingerprint density at radius 3 is 1.85 bits per heavy atom. The highest BCUT2D eigenvalue weighted by atomic mass is 79.9. The average molecular weight is 788 g/mol. The van der Waals surface area contributed by atoms with Crippen molar-refractivity contribution in [3.8, 4) is 0 Å². The molecular weight excluding hydrogens is 756 g/mol. The highest BCUT2D eigenvalue weighted by molar-refractivity contribution is 9.10. The van der Waals surface area contributed by atoms with Crippen LogP contribution in [0.15, 0.2) is 46.1 Å². The number of anilines is 2. The van der Waals surface area contributed by atoms with Gasteiger partial charge in [-0.1, -0.05) is 0 Å². The molecule has 0 atom stereocenters. The van der Waals surface area contributed by atoms with Gasteiger partial charge in [-0.25, -0.2) is 29.1 Å². The quantitative estimate of drug-likeness (QED) is 0.157. The fraction of sp³-hybridized carbons (Fsp3) is 0.385. The Balaban J connectivity index is 0.000000188. The van der Waals surface area contributed by atoms with E-state index in [1.165, 1.54) is 9.59 Å². The van der Waals surface area contributed by atoms with Gasteiger partial charge < -0.3 is 15.0 Å². The number of urea groups is 2. The largest absolute Gasteiger partial charge is 0.337 e. The highest BCUT2D eigenvalue weighted by Gasteiger charge is 2.11. The van der Waals surface area contributed by atoms with Crippen molar-refractivity contribution in [2.45, 2.75) is 52.6 Å². The third-order valence-electron chi connectivity index (χ3n) is 6.21. The third kappa shape index (κ3) is 9.47. The fourth-order valence-corrected chi connectivity index (χ4v) is 4.53. The summed E-state index contributed by atoms with van der Waals surface area (Å²) in [5.74, 6) is 2.04. The number of carbonyl (C=O) groups is 2. The van der Waals surface area contributed by atoms with Crippen LogP contribution in [0.4, 0.5) is 21.2 Å². The summed E-state index contributed by atoms with van der Waals surface area (Å²) in [5.41, 5.74) is 1.28. The first kappa shape index (κ1) is 34.2. The first-order valence-electron chi connectivity index (χ1n) is 14.7. The molecule has 0 aliphatic carbocycles. The van der Waals surface area contributed by atoms with E-state index in [0.29, 0.717) is 69.7 Å². The van der Waals surface area contributed by atoms with Crippen LogP contribution in [0.3, 0.4) is 0 Å². The normalized spacial score (nSPS) is 11.2. The number of carbonyl (C=O) groups excluding carboxylic acids is 2. The molecule has 6 aromatic heterocycles. The summed E-state index contributed by atoms with van der Waals surface area (Å²) in [5, 5.41) is 39.2. The minimum atomic E-state index is -0.353. The molecule has 0 aliphatic rings. The Bertz CT molecular complexity index is 1850. The van der Waals surface area contributed by atoms with Crippen molar-refractivity contribution in [2.75, 3.05) is 23.7 Å². The van der Waals surface area contributed by atoms with E-state index in [1.54, 1.807) is 45.8 Å². The fourth-order valence-electron chi connectivity index (χ4n) is 3.90. The Kier molecular flexibility index (Phi) is 11.2. The number of nitrogens with zero attached hydrogens (tertiary/aromatic N) is 14. The van der Waals surface area contributed by atoms with Gasteiger partial charge in [-0.05, 0) is 82.1 Å². The molecule has 4 amide bonds. The van der Waals surface area contributed by atoms with Gasteiger partial charge in [-0.3, -0.25) is 10.6 Å². The van der Waals surface area contributed by atoms with Crippen molar-refractivity contribution in [2.24, 2.45) is 0 Å². The van der Waals surface area contributed by atoms with Gasteiger partial charge >= 0.3 is 12.1 Å². The van der Waals surface area contributed by atoms with Gasteiger partial charge in [0.1, 0.15) is 9.21 Å². The topological polar surface area (TPSA) is 230 Å². The van der Waals surface area contributed by atoms with Gasteiger partial charge in [-0.2, -0.15) is 14.7 Å². The molecule has 20 nitrogen and oxygen atoms in total. The lowest BCUT2D eigenvalue weighted by atomic mass is 10.4. The van der Waals surface area contributed by atoms with Crippen LogP contribution in [0.5, 0.6) is 0 Å². The second-order valence-electron chi connectivity index (χ2n) is 10.7. The Morgan fingerprint density at radius 2 is 1.29 bits per heavy atom. The molecule has 6 aromatic rings. The summed E-state index contributed by atoms with van der Waals surface area (Å²) in [4.78, 5) is 39.5. The number of nitrogens with one attached hydrogen (secondary N) is 4. The zero-order valence-corrected chi connectivity index (χ0v) is 29.5. The Morgan fingerprint density at radius 1 is 0.729 bits per heavy atom. The van der Waals surface area contributed by atoms with Crippen LogP contribution in [0, 0.1) is 0 Å². The first-order chi connectivity index (χ1) is 23.0. The number of fused-ring (bicyclic) bond motifs is 2. The van der Waals surface area contributed by atoms with Crippen LogP contribution in [0.2, 0.25) is 0 Å². The maximum absolute atomic E-state index is 11.9. The van der Waals surface area contributed by atoms with Crippen LogP contribution in [-0.2, 0) is 12.8 Å². The van der Waals surface area contributed by atoms with Gasteiger partial charge in [0.25, 0.3) is 0 Å². The molecule has 0 saturated carbocycles. The average Bonchev–Trinajstić information content (AvgIpc) is 3.83. The standard InChI is InChI=1S/2C13H16BrN9O/c1-8(2)23-20-10(19-21-23)3-4-15-13(24)18-11-7-22-6-9(14)16-5-12(22)17-11;1-8(2)23-20-10(18-21-23)5-6-15-13(24)17-11-7-22-12(16-11)4-3-9(14)19-22/h5-8H,3-4H2,1-2H3,(H2,15,18,24);3-4,7-8H,5-6H2,1-2H3,(H2,15,17,24). The molecule has 0 aliphatic heterocycles. The molecule has 0 unspecified atom stereocenters. The lowest BCUT2D eigenvalue weighted by Crippen LogP contribution is -2.30. The molecule has 0 fully saturated rings. The molecule has 0 radical (unpaired) electrons. The SMILES string of the molecule is CC(C)n1nnc(CCNC(=O)Nc2cn3cc(Br)ncc3n2)n1.CC(C)n1nnc(CCNC(=O)Nc2cn3nc(Br)ccc3n2)n1. The number of imidazole rings is 2. The molecule has 0 aromatic carbocycles. The summed E-state index contributed by atoms with van der Waals surface area (Å²) < 4.78 is 4.71. The highest BCUT2D eigenvalue weighted by Crippen LogP contribution is 2.13. The molecule has 0 spiro atoms. The summed E-state index contributed by atoms with van der Waals surface area (Å²) in [7, 11) is 0. The second-order valence-corrected chi connectivity index (χ2v) is 12.3. The van der Waals surface area contributed by atoms with Crippen LogP contribution in [0.25, 0.3) is 11.3 Å². The van der Waals surface area contributed by atoms with E-state index < -0.39 is 0 Å². The summed E-state index contributed by atoms with van der Waals surface area (Å²) in [6, 6.07) is 3.20. The van der Waals surface area contributed by atoms with Crippen molar-refractivity contribution in [1.82, 2.24) is 80.0 Å². The van der Waals surface area contributed by atoms with Crippen LogP contribution in [-0.4, -0.2) is 94.5 Å². The molecule has 6 heterocycles. The number of amides is 4. The van der Waals surface area contributed by atoms with Crippen LogP contribution >= 0.6 is 31.9 Å². The smallest absolute Gasteiger partial charge is 0.320 e. The molecule has 6 rings (SSSR count). The van der Waals surface area contributed by atoms with Crippen molar-refractivity contribution in [3.63, 3.8) is 0 Å². The van der Waals surface area contributed by atoms with Gasteiger partial charge in [0.05, 0.1) is 30.7 Å². The number of aromatic nitrogens is 14. The molecule has 252 valence electrons. The second kappa shape index (κ2) is 15.6. The maximum Gasteiger partial charge on any atom is 0.320 e. The van der Waals surface area contributed by atoms with Crippen LogP contribution < -0.4 is 21.3 Å². The van der Waals surface area contributed by atoms with Crippen LogP contribution in [0.1, 0.15) is 51.4 Å². The summed E-state index contributed by atoms with van der Waals surface area (Å²) >= 11 is 6.56. The number of tetrazole rings is 2. The van der Waals surface area contributed by atoms with Crippen molar-refractivity contribution < 1.29 is 9.59 Å². The van der Waals surface area contributed by atoms with Crippen molar-refractivity contribution >= 4 is 66.9 Å². The predicted octanol–water partition coefficient (Wildman–Crippen LogP) is 2.85. The zero-order valence-electron chi connectivity index (χ0n) is 26.3. The van der Waals surface area contributed by atoms with Gasteiger partial charge in [-0.15, -0.1) is 20.4 Å². The van der Waals surface area contributed by atoms with E-state index >= 15 is 0 Å². The zero-order chi connectivity index (χ0) is 34.2. The van der Waals surface area contributed by atoms with Crippen molar-refractivity contribution in [3.05, 3.63) is 57.8 Å². The van der Waals surface area contributed by atoms with E-state index in [4.69, 9.17) is 0 Å². The lowest BCUT2D eigenvalue weighted by molar-refractivity contribution is 0.251. The van der Waals surface area contributed by atoms with E-state index in [-0.39, 0.29) is 24.1 Å². The molecule has 48 heavy (non-hydrogen) atoms.